The van der Waals surface area contributed by atoms with E-state index >= 15 is 0 Å². The van der Waals surface area contributed by atoms with Gasteiger partial charge in [-0.05, 0) is 98.7 Å². The topological polar surface area (TPSA) is 0 Å². The molecule has 0 aromatic rings. The molecule has 6 aliphatic rings. The molecule has 6 fully saturated rings. The maximum absolute atomic E-state index is 2.43. The molecule has 0 aromatic heterocycles. The molecule has 6 saturated carbocycles. The maximum Gasteiger partial charge on any atom is 0.0109 e. The lowest BCUT2D eigenvalue weighted by molar-refractivity contribution is 0.259. The van der Waals surface area contributed by atoms with Gasteiger partial charge in [-0.3, -0.25) is 0 Å². The summed E-state index contributed by atoms with van der Waals surface area (Å²) in [6.45, 7) is 0. The van der Waals surface area contributed by atoms with Crippen LogP contribution in [0, 0.1) is 47.3 Å². The first-order valence-corrected chi connectivity index (χ1v) is 13.2. The zero-order valence-corrected chi connectivity index (χ0v) is 16.7. The summed E-state index contributed by atoms with van der Waals surface area (Å²) in [4.78, 5) is 0. The highest BCUT2D eigenvalue weighted by molar-refractivity contribution is 8.03. The van der Waals surface area contributed by atoms with Crippen molar-refractivity contribution in [1.82, 2.24) is 0 Å². The Morgan fingerprint density at radius 1 is 0.417 bits per heavy atom. The Labute approximate surface area is 157 Å². The average molecular weight is 363 g/mol. The first-order valence-electron chi connectivity index (χ1n) is 11.1. The third kappa shape index (κ3) is 2.20. The molecule has 0 aliphatic heterocycles. The lowest BCUT2D eigenvalue weighted by atomic mass is 9.82. The molecule has 0 spiro atoms. The molecule has 0 radical (unpaired) electrons. The van der Waals surface area contributed by atoms with Crippen molar-refractivity contribution < 1.29 is 0 Å². The van der Waals surface area contributed by atoms with Gasteiger partial charge >= 0.3 is 0 Å². The standard InChI is InChI=1S/C22H34S2/c1-3-13-14(4-1)18-8-7-17(13)21(18)23-11-12-24-22-19-9-10-20(22)16-6-2-5-15(16)19/h13-22H,1-12H2. The van der Waals surface area contributed by atoms with Crippen molar-refractivity contribution >= 4 is 23.5 Å². The van der Waals surface area contributed by atoms with Crippen LogP contribution in [0.4, 0.5) is 0 Å². The molecule has 4 bridgehead atoms. The van der Waals surface area contributed by atoms with Gasteiger partial charge in [0.25, 0.3) is 0 Å². The normalized spacial score (nSPS) is 57.0. The number of rotatable bonds is 5. The molecule has 0 saturated heterocycles. The van der Waals surface area contributed by atoms with Gasteiger partial charge in [-0.15, -0.1) is 0 Å². The van der Waals surface area contributed by atoms with Crippen LogP contribution in [-0.2, 0) is 0 Å². The largest absolute Gasteiger partial charge is 0.157 e. The van der Waals surface area contributed by atoms with Gasteiger partial charge in [0.05, 0.1) is 0 Å². The molecule has 8 atom stereocenters. The second kappa shape index (κ2) is 6.11. The Kier molecular flexibility index (Phi) is 4.01. The Bertz CT molecular complexity index is 410. The van der Waals surface area contributed by atoms with E-state index in [4.69, 9.17) is 0 Å². The quantitative estimate of drug-likeness (QED) is 0.542. The van der Waals surface area contributed by atoms with Gasteiger partial charge in [0.15, 0.2) is 0 Å². The van der Waals surface area contributed by atoms with Crippen molar-refractivity contribution in [3.05, 3.63) is 0 Å². The predicted octanol–water partition coefficient (Wildman–Crippen LogP) is 6.10. The molecule has 0 aromatic carbocycles. The zero-order chi connectivity index (χ0) is 15.7. The summed E-state index contributed by atoms with van der Waals surface area (Å²) in [7, 11) is 0. The molecule has 0 N–H and O–H groups in total. The summed E-state index contributed by atoms with van der Waals surface area (Å²) in [5.74, 6) is 12.1. The van der Waals surface area contributed by atoms with E-state index < -0.39 is 0 Å². The Morgan fingerprint density at radius 3 is 1.08 bits per heavy atom. The lowest BCUT2D eigenvalue weighted by Crippen LogP contribution is -2.16. The second-order valence-corrected chi connectivity index (χ2v) is 12.6. The van der Waals surface area contributed by atoms with Crippen LogP contribution in [0.1, 0.15) is 64.2 Å². The minimum Gasteiger partial charge on any atom is -0.157 e. The SMILES string of the molecule is C1CC2C(C1)C1CCC2C1SCCSC1C2CCC1C1CCCC12. The third-order valence-electron chi connectivity index (χ3n) is 9.51. The van der Waals surface area contributed by atoms with Gasteiger partial charge < -0.3 is 0 Å². The van der Waals surface area contributed by atoms with Crippen molar-refractivity contribution in [2.24, 2.45) is 47.3 Å². The van der Waals surface area contributed by atoms with Crippen molar-refractivity contribution in [3.63, 3.8) is 0 Å². The molecule has 0 nitrogen and oxygen atoms in total. The fraction of sp³-hybridized carbons (Fsp3) is 1.00. The fourth-order valence-electron chi connectivity index (χ4n) is 8.92. The summed E-state index contributed by atoms with van der Waals surface area (Å²) >= 11 is 4.85. The van der Waals surface area contributed by atoms with Crippen molar-refractivity contribution in [2.75, 3.05) is 11.5 Å². The minimum atomic E-state index is 1.08. The molecule has 0 heterocycles. The van der Waals surface area contributed by atoms with E-state index in [0.29, 0.717) is 0 Å². The summed E-state index contributed by atoms with van der Waals surface area (Å²) in [5, 5.41) is 2.17. The van der Waals surface area contributed by atoms with Crippen LogP contribution < -0.4 is 0 Å². The monoisotopic (exact) mass is 362 g/mol. The summed E-state index contributed by atoms with van der Waals surface area (Å²) in [6.07, 6.45) is 15.8. The predicted molar refractivity (Wildman–Crippen MR) is 107 cm³/mol. The summed E-state index contributed by atoms with van der Waals surface area (Å²) < 4.78 is 0. The van der Waals surface area contributed by atoms with Gasteiger partial charge in [-0.2, -0.15) is 23.5 Å². The zero-order valence-electron chi connectivity index (χ0n) is 15.1. The highest BCUT2D eigenvalue weighted by Crippen LogP contribution is 2.63. The van der Waals surface area contributed by atoms with E-state index in [1.165, 1.54) is 35.2 Å². The van der Waals surface area contributed by atoms with Crippen LogP contribution in [0.15, 0.2) is 0 Å². The van der Waals surface area contributed by atoms with Crippen LogP contribution in [0.3, 0.4) is 0 Å². The van der Waals surface area contributed by atoms with Crippen LogP contribution in [0.25, 0.3) is 0 Å². The number of hydrogen-bond acceptors (Lipinski definition) is 2. The molecule has 2 heteroatoms. The van der Waals surface area contributed by atoms with Gasteiger partial charge in [0, 0.05) is 22.0 Å². The average Bonchev–Trinajstić information content (AvgIpc) is 3.40. The van der Waals surface area contributed by atoms with Crippen LogP contribution >= 0.6 is 23.5 Å². The van der Waals surface area contributed by atoms with E-state index in [-0.39, 0.29) is 0 Å². The summed E-state index contributed by atoms with van der Waals surface area (Å²) in [5.41, 5.74) is 0. The molecular weight excluding hydrogens is 328 g/mol. The fourth-order valence-corrected chi connectivity index (χ4v) is 12.6. The minimum absolute atomic E-state index is 1.08. The Morgan fingerprint density at radius 2 is 0.750 bits per heavy atom. The van der Waals surface area contributed by atoms with Crippen molar-refractivity contribution in [2.45, 2.75) is 74.7 Å². The lowest BCUT2D eigenvalue weighted by Gasteiger charge is -2.23. The van der Waals surface area contributed by atoms with Gasteiger partial charge in [-0.25, -0.2) is 0 Å². The molecule has 24 heavy (non-hydrogen) atoms. The molecule has 6 rings (SSSR count). The van der Waals surface area contributed by atoms with E-state index in [2.05, 4.69) is 23.5 Å². The second-order valence-electron chi connectivity index (χ2n) is 10.00. The third-order valence-corrected chi connectivity index (χ3v) is 12.8. The molecule has 6 aliphatic carbocycles. The smallest absolute Gasteiger partial charge is 0.0109 e. The van der Waals surface area contributed by atoms with Crippen molar-refractivity contribution in [3.8, 4) is 0 Å². The van der Waals surface area contributed by atoms with Gasteiger partial charge in [-0.1, -0.05) is 12.8 Å². The highest BCUT2D eigenvalue weighted by atomic mass is 32.2. The van der Waals surface area contributed by atoms with Crippen LogP contribution in [0.2, 0.25) is 0 Å². The van der Waals surface area contributed by atoms with Crippen LogP contribution in [-0.4, -0.2) is 22.0 Å². The number of hydrogen-bond donors (Lipinski definition) is 0. The van der Waals surface area contributed by atoms with Crippen molar-refractivity contribution in [1.29, 1.82) is 0 Å². The Hall–Kier alpha value is 0.700. The van der Waals surface area contributed by atoms with Gasteiger partial charge in [0.1, 0.15) is 0 Å². The first-order chi connectivity index (χ1) is 11.9. The molecular formula is C22H34S2. The van der Waals surface area contributed by atoms with E-state index in [1.54, 1.807) is 64.2 Å². The number of thioether (sulfide) groups is 2. The molecule has 0 amide bonds. The van der Waals surface area contributed by atoms with Crippen LogP contribution in [0.5, 0.6) is 0 Å². The molecule has 134 valence electrons. The van der Waals surface area contributed by atoms with E-state index in [9.17, 15) is 0 Å². The number of fused-ring (bicyclic) bond motifs is 10. The van der Waals surface area contributed by atoms with E-state index in [1.807, 2.05) is 0 Å². The van der Waals surface area contributed by atoms with Gasteiger partial charge in [0.2, 0.25) is 0 Å². The highest BCUT2D eigenvalue weighted by Gasteiger charge is 2.56. The Balaban J connectivity index is 1.02. The first kappa shape index (κ1) is 15.7. The maximum atomic E-state index is 2.43. The molecule has 8 unspecified atom stereocenters. The summed E-state index contributed by atoms with van der Waals surface area (Å²) in [6, 6.07) is 0. The van der Waals surface area contributed by atoms with E-state index in [0.717, 1.165) is 34.2 Å².